The highest BCUT2D eigenvalue weighted by Crippen LogP contribution is 2.30. The fraction of sp³-hybridized carbons (Fsp3) is 0.444. The normalized spacial score (nSPS) is 18.4. The van der Waals surface area contributed by atoms with Gasteiger partial charge in [0.05, 0.1) is 0 Å². The number of fused-ring (bicyclic) bond motifs is 3. The van der Waals surface area contributed by atoms with Crippen molar-refractivity contribution in [2.24, 2.45) is 0 Å². The third-order valence-electron chi connectivity index (χ3n) is 4.52. The summed E-state index contributed by atoms with van der Waals surface area (Å²) in [6, 6.07) is 7.43. The van der Waals surface area contributed by atoms with Gasteiger partial charge >= 0.3 is 0 Å². The highest BCUT2D eigenvalue weighted by atomic mass is 15.1. The van der Waals surface area contributed by atoms with Gasteiger partial charge < -0.3 is 4.98 Å². The number of aryl methyl sites for hydroxylation is 1. The highest BCUT2D eigenvalue weighted by molar-refractivity contribution is 5.84. The molecule has 0 saturated carbocycles. The topological polar surface area (TPSA) is 19.0 Å². The van der Waals surface area contributed by atoms with Crippen LogP contribution in [0.5, 0.6) is 0 Å². The smallest absolute Gasteiger partial charge is 0.0456 e. The Morgan fingerprint density at radius 1 is 1.40 bits per heavy atom. The van der Waals surface area contributed by atoms with Crippen LogP contribution in [0.3, 0.4) is 0 Å². The fourth-order valence-corrected chi connectivity index (χ4v) is 3.56. The standard InChI is InChI=1S/C18H24N2/c1-3-11-20(12-4-2)15-7-5-14-6-8-18-16(9-10-19-18)17(14)13-15/h3,6,8-10,15,19H,1,4-5,7,11-13H2,2H3/t15-/m1/s1. The molecule has 1 N–H and O–H groups in total. The van der Waals surface area contributed by atoms with Gasteiger partial charge in [-0.2, -0.15) is 0 Å². The summed E-state index contributed by atoms with van der Waals surface area (Å²) in [7, 11) is 0. The third-order valence-corrected chi connectivity index (χ3v) is 4.52. The summed E-state index contributed by atoms with van der Waals surface area (Å²) in [4.78, 5) is 5.93. The lowest BCUT2D eigenvalue weighted by molar-refractivity contribution is 0.200. The van der Waals surface area contributed by atoms with Gasteiger partial charge in [0.25, 0.3) is 0 Å². The second kappa shape index (κ2) is 5.84. The van der Waals surface area contributed by atoms with Crippen molar-refractivity contribution in [1.82, 2.24) is 9.88 Å². The Balaban J connectivity index is 1.89. The van der Waals surface area contributed by atoms with Crippen molar-refractivity contribution in [2.45, 2.75) is 38.6 Å². The molecule has 3 rings (SSSR count). The molecule has 0 amide bonds. The van der Waals surface area contributed by atoms with Gasteiger partial charge in [-0.3, -0.25) is 4.90 Å². The number of H-pyrrole nitrogens is 1. The largest absolute Gasteiger partial charge is 0.361 e. The second-order valence-corrected chi connectivity index (χ2v) is 5.82. The molecule has 2 heteroatoms. The number of hydrogen-bond donors (Lipinski definition) is 1. The summed E-state index contributed by atoms with van der Waals surface area (Å²) in [5, 5.41) is 1.42. The first-order valence-corrected chi connectivity index (χ1v) is 7.76. The van der Waals surface area contributed by atoms with E-state index in [2.05, 4.69) is 47.8 Å². The van der Waals surface area contributed by atoms with Gasteiger partial charge in [-0.25, -0.2) is 0 Å². The zero-order valence-corrected chi connectivity index (χ0v) is 12.4. The molecule has 1 atom stereocenters. The summed E-state index contributed by atoms with van der Waals surface area (Å²) in [6.07, 6.45) is 8.98. The van der Waals surface area contributed by atoms with Gasteiger partial charge in [-0.05, 0) is 55.5 Å². The maximum Gasteiger partial charge on any atom is 0.0456 e. The van der Waals surface area contributed by atoms with Gasteiger partial charge in [0, 0.05) is 29.7 Å². The SMILES string of the molecule is C=CCN(CCC)[C@@H]1CCc2ccc3[nH]ccc3c2C1. The molecule has 0 saturated heterocycles. The molecule has 20 heavy (non-hydrogen) atoms. The number of benzene rings is 1. The lowest BCUT2D eigenvalue weighted by Crippen LogP contribution is -2.40. The second-order valence-electron chi connectivity index (χ2n) is 5.82. The number of aromatic nitrogens is 1. The van der Waals surface area contributed by atoms with Gasteiger partial charge in [-0.15, -0.1) is 6.58 Å². The monoisotopic (exact) mass is 268 g/mol. The van der Waals surface area contributed by atoms with Crippen molar-refractivity contribution in [2.75, 3.05) is 13.1 Å². The first-order valence-electron chi connectivity index (χ1n) is 7.76. The van der Waals surface area contributed by atoms with Gasteiger partial charge in [0.1, 0.15) is 0 Å². The van der Waals surface area contributed by atoms with Crippen molar-refractivity contribution >= 4 is 10.9 Å². The molecule has 0 bridgehead atoms. The molecule has 0 radical (unpaired) electrons. The van der Waals surface area contributed by atoms with Crippen LogP contribution in [0.15, 0.2) is 37.1 Å². The minimum absolute atomic E-state index is 0.668. The first-order chi connectivity index (χ1) is 9.83. The van der Waals surface area contributed by atoms with E-state index in [-0.39, 0.29) is 0 Å². The number of nitrogens with one attached hydrogen (secondary N) is 1. The summed E-state index contributed by atoms with van der Waals surface area (Å²) in [5.41, 5.74) is 4.38. The van der Waals surface area contributed by atoms with Crippen molar-refractivity contribution in [3.05, 3.63) is 48.2 Å². The minimum Gasteiger partial charge on any atom is -0.361 e. The predicted molar refractivity (Wildman–Crippen MR) is 86.2 cm³/mol. The van der Waals surface area contributed by atoms with Crippen molar-refractivity contribution in [3.8, 4) is 0 Å². The number of rotatable bonds is 5. The van der Waals surface area contributed by atoms with Crippen LogP contribution in [-0.2, 0) is 12.8 Å². The van der Waals surface area contributed by atoms with Crippen LogP contribution in [0.4, 0.5) is 0 Å². The molecule has 0 unspecified atom stereocenters. The maximum atomic E-state index is 3.92. The quantitative estimate of drug-likeness (QED) is 0.814. The fourth-order valence-electron chi connectivity index (χ4n) is 3.56. The highest BCUT2D eigenvalue weighted by Gasteiger charge is 2.24. The molecular formula is C18H24N2. The van der Waals surface area contributed by atoms with E-state index in [1.165, 1.54) is 43.1 Å². The van der Waals surface area contributed by atoms with Crippen LogP contribution in [0.2, 0.25) is 0 Å². The van der Waals surface area contributed by atoms with E-state index in [1.54, 1.807) is 11.1 Å². The molecule has 2 aromatic rings. The summed E-state index contributed by atoms with van der Waals surface area (Å²) < 4.78 is 0. The predicted octanol–water partition coefficient (Wildman–Crippen LogP) is 3.92. The van der Waals surface area contributed by atoms with E-state index in [9.17, 15) is 0 Å². The Morgan fingerprint density at radius 3 is 3.10 bits per heavy atom. The summed E-state index contributed by atoms with van der Waals surface area (Å²) in [6.45, 7) is 8.36. The van der Waals surface area contributed by atoms with Crippen LogP contribution in [0.25, 0.3) is 10.9 Å². The average Bonchev–Trinajstić information content (AvgIpc) is 2.95. The first kappa shape index (κ1) is 13.4. The number of aromatic amines is 1. The molecule has 1 aliphatic carbocycles. The molecule has 1 aromatic heterocycles. The number of hydrogen-bond acceptors (Lipinski definition) is 1. The van der Waals surface area contributed by atoms with E-state index in [4.69, 9.17) is 0 Å². The Hall–Kier alpha value is -1.54. The molecule has 0 spiro atoms. The molecular weight excluding hydrogens is 244 g/mol. The van der Waals surface area contributed by atoms with Crippen LogP contribution >= 0.6 is 0 Å². The number of nitrogens with zero attached hydrogens (tertiary/aromatic N) is 1. The molecule has 1 aromatic carbocycles. The van der Waals surface area contributed by atoms with Gasteiger partial charge in [0.15, 0.2) is 0 Å². The van der Waals surface area contributed by atoms with Gasteiger partial charge in [0.2, 0.25) is 0 Å². The molecule has 1 aliphatic rings. The van der Waals surface area contributed by atoms with Crippen LogP contribution in [0.1, 0.15) is 30.9 Å². The van der Waals surface area contributed by atoms with Crippen LogP contribution in [-0.4, -0.2) is 29.0 Å². The van der Waals surface area contributed by atoms with E-state index in [1.807, 2.05) is 6.08 Å². The Kier molecular flexibility index (Phi) is 3.93. The average molecular weight is 268 g/mol. The van der Waals surface area contributed by atoms with Crippen molar-refractivity contribution < 1.29 is 0 Å². The Bertz CT molecular complexity index is 596. The maximum absolute atomic E-state index is 3.92. The zero-order valence-electron chi connectivity index (χ0n) is 12.4. The molecule has 1 heterocycles. The van der Waals surface area contributed by atoms with E-state index in [0.29, 0.717) is 6.04 Å². The molecule has 2 nitrogen and oxygen atoms in total. The Labute approximate surface area is 121 Å². The minimum atomic E-state index is 0.668. The lowest BCUT2D eigenvalue weighted by Gasteiger charge is -2.34. The third kappa shape index (κ3) is 2.40. The molecule has 0 aliphatic heterocycles. The summed E-state index contributed by atoms with van der Waals surface area (Å²) in [5.74, 6) is 0. The van der Waals surface area contributed by atoms with E-state index in [0.717, 1.165) is 6.54 Å². The Morgan fingerprint density at radius 2 is 2.30 bits per heavy atom. The van der Waals surface area contributed by atoms with Crippen LogP contribution in [0, 0.1) is 0 Å². The van der Waals surface area contributed by atoms with Gasteiger partial charge in [-0.1, -0.05) is 19.1 Å². The van der Waals surface area contributed by atoms with Crippen molar-refractivity contribution in [3.63, 3.8) is 0 Å². The summed E-state index contributed by atoms with van der Waals surface area (Å²) >= 11 is 0. The lowest BCUT2D eigenvalue weighted by atomic mass is 9.85. The molecule has 106 valence electrons. The van der Waals surface area contributed by atoms with Crippen molar-refractivity contribution in [1.29, 1.82) is 0 Å². The van der Waals surface area contributed by atoms with E-state index >= 15 is 0 Å². The van der Waals surface area contributed by atoms with Crippen LogP contribution < -0.4 is 0 Å². The molecule has 0 fully saturated rings. The zero-order chi connectivity index (χ0) is 13.9. The van der Waals surface area contributed by atoms with E-state index < -0.39 is 0 Å².